The lowest BCUT2D eigenvalue weighted by Gasteiger charge is -2.12. The number of thiazole rings is 1. The van der Waals surface area contributed by atoms with E-state index in [1.165, 1.54) is 45.6 Å². The van der Waals surface area contributed by atoms with Crippen molar-refractivity contribution in [3.8, 4) is 11.3 Å². The molecular formula is C18H12F3N5OS. The van der Waals surface area contributed by atoms with Gasteiger partial charge in [-0.25, -0.2) is 9.97 Å². The maximum atomic E-state index is 13.4. The zero-order valence-electron chi connectivity index (χ0n) is 14.4. The highest BCUT2D eigenvalue weighted by molar-refractivity contribution is 7.07. The van der Waals surface area contributed by atoms with Crippen LogP contribution in [0.3, 0.4) is 0 Å². The Hall–Kier alpha value is -3.27. The summed E-state index contributed by atoms with van der Waals surface area (Å²) in [5.74, 6) is -0.173. The minimum absolute atomic E-state index is 0.0555. The molecule has 0 aliphatic carbocycles. The number of nitrogens with one attached hydrogen (secondary N) is 1. The number of amides is 1. The van der Waals surface area contributed by atoms with Crippen LogP contribution in [0.1, 0.15) is 21.7 Å². The minimum atomic E-state index is -4.51. The van der Waals surface area contributed by atoms with Gasteiger partial charge in [0.25, 0.3) is 5.91 Å². The van der Waals surface area contributed by atoms with Gasteiger partial charge in [-0.3, -0.25) is 4.79 Å². The Morgan fingerprint density at radius 2 is 1.96 bits per heavy atom. The summed E-state index contributed by atoms with van der Waals surface area (Å²) in [4.78, 5) is 20.6. The van der Waals surface area contributed by atoms with Crippen LogP contribution in [-0.4, -0.2) is 25.5 Å². The van der Waals surface area contributed by atoms with Gasteiger partial charge in [-0.2, -0.15) is 22.8 Å². The second-order valence-corrected chi connectivity index (χ2v) is 6.62. The average molecular weight is 403 g/mol. The molecule has 0 saturated heterocycles. The molecule has 4 rings (SSSR count). The number of halogens is 3. The van der Waals surface area contributed by atoms with Crippen LogP contribution in [0, 0.1) is 6.92 Å². The third kappa shape index (κ3) is 3.22. The van der Waals surface area contributed by atoms with Crippen molar-refractivity contribution >= 4 is 28.7 Å². The number of alkyl halides is 3. The van der Waals surface area contributed by atoms with Crippen molar-refractivity contribution in [2.45, 2.75) is 13.1 Å². The molecule has 0 saturated carbocycles. The number of anilines is 1. The summed E-state index contributed by atoms with van der Waals surface area (Å²) in [6.45, 7) is 1.68. The molecule has 142 valence electrons. The molecule has 1 aromatic carbocycles. The molecule has 0 spiro atoms. The number of fused-ring (bicyclic) bond motifs is 1. The number of hydrogen-bond donors (Lipinski definition) is 1. The second kappa shape index (κ2) is 6.71. The monoisotopic (exact) mass is 403 g/mol. The normalized spacial score (nSPS) is 11.7. The van der Waals surface area contributed by atoms with Gasteiger partial charge in [0.1, 0.15) is 5.69 Å². The van der Waals surface area contributed by atoms with Gasteiger partial charge in [0, 0.05) is 10.9 Å². The summed E-state index contributed by atoms with van der Waals surface area (Å²) in [6.07, 6.45) is -4.51. The van der Waals surface area contributed by atoms with Gasteiger partial charge in [-0.15, -0.1) is 11.3 Å². The van der Waals surface area contributed by atoms with Crippen LogP contribution >= 0.6 is 11.3 Å². The lowest BCUT2D eigenvalue weighted by molar-refractivity contribution is -0.137. The highest BCUT2D eigenvalue weighted by atomic mass is 32.1. The molecule has 3 aromatic heterocycles. The van der Waals surface area contributed by atoms with Crippen molar-refractivity contribution in [1.29, 1.82) is 0 Å². The zero-order valence-corrected chi connectivity index (χ0v) is 15.2. The predicted octanol–water partition coefficient (Wildman–Crippen LogP) is 4.43. The zero-order chi connectivity index (χ0) is 19.9. The van der Waals surface area contributed by atoms with E-state index in [4.69, 9.17) is 0 Å². The number of hydrogen-bond acceptors (Lipinski definition) is 5. The van der Waals surface area contributed by atoms with Crippen molar-refractivity contribution in [3.63, 3.8) is 0 Å². The van der Waals surface area contributed by atoms with Crippen LogP contribution in [0.25, 0.3) is 16.9 Å². The fourth-order valence-corrected chi connectivity index (χ4v) is 3.31. The summed E-state index contributed by atoms with van der Waals surface area (Å²) in [6, 6.07) is 8.23. The summed E-state index contributed by atoms with van der Waals surface area (Å²) in [5.41, 5.74) is 1.92. The standard InChI is InChI=1S/C18H12F3N5OS/c1-10-16(24-17(27)14-8-28-9-22-14)26-15(23-10)7-6-13(25-26)11-4-2-3-5-12(11)18(19,20)21/h2-9H,1H3,(H,24,27). The molecular weight excluding hydrogens is 391 g/mol. The molecule has 1 amide bonds. The smallest absolute Gasteiger partial charge is 0.304 e. The maximum Gasteiger partial charge on any atom is 0.417 e. The predicted molar refractivity (Wildman–Crippen MR) is 98.2 cm³/mol. The third-order valence-corrected chi connectivity index (χ3v) is 4.64. The number of benzene rings is 1. The number of aromatic nitrogens is 4. The van der Waals surface area contributed by atoms with E-state index < -0.39 is 17.6 Å². The van der Waals surface area contributed by atoms with Crippen LogP contribution < -0.4 is 5.32 Å². The Labute approximate surface area is 160 Å². The number of carbonyl (C=O) groups excluding carboxylic acids is 1. The number of rotatable bonds is 3. The topological polar surface area (TPSA) is 72.2 Å². The van der Waals surface area contributed by atoms with Gasteiger partial charge in [0.2, 0.25) is 0 Å². The van der Waals surface area contributed by atoms with Gasteiger partial charge >= 0.3 is 6.18 Å². The van der Waals surface area contributed by atoms with Crippen LogP contribution in [-0.2, 0) is 6.18 Å². The first-order valence-electron chi connectivity index (χ1n) is 8.07. The first kappa shape index (κ1) is 18.1. The van der Waals surface area contributed by atoms with Crippen LogP contribution in [0.2, 0.25) is 0 Å². The number of aryl methyl sites for hydroxylation is 1. The molecule has 10 heteroatoms. The Kier molecular flexibility index (Phi) is 4.34. The molecule has 28 heavy (non-hydrogen) atoms. The van der Waals surface area contributed by atoms with Crippen LogP contribution in [0.5, 0.6) is 0 Å². The van der Waals surface area contributed by atoms with Crippen molar-refractivity contribution in [3.05, 3.63) is 64.2 Å². The Bertz CT molecular complexity index is 1170. The van der Waals surface area contributed by atoms with E-state index in [9.17, 15) is 18.0 Å². The molecule has 0 aliphatic rings. The molecule has 3 heterocycles. The SMILES string of the molecule is Cc1nc2ccc(-c3ccccc3C(F)(F)F)nn2c1NC(=O)c1cscn1. The maximum absolute atomic E-state index is 13.4. The fourth-order valence-electron chi connectivity index (χ4n) is 2.78. The van der Waals surface area contributed by atoms with Gasteiger partial charge < -0.3 is 5.32 Å². The van der Waals surface area contributed by atoms with E-state index in [0.29, 0.717) is 11.3 Å². The quantitative estimate of drug-likeness (QED) is 0.549. The Morgan fingerprint density at radius 3 is 2.68 bits per heavy atom. The molecule has 6 nitrogen and oxygen atoms in total. The molecule has 0 radical (unpaired) electrons. The molecule has 0 fully saturated rings. The molecule has 0 bridgehead atoms. The van der Waals surface area contributed by atoms with E-state index in [2.05, 4.69) is 20.4 Å². The van der Waals surface area contributed by atoms with Gasteiger partial charge in [0.05, 0.1) is 22.5 Å². The third-order valence-electron chi connectivity index (χ3n) is 4.06. The van der Waals surface area contributed by atoms with E-state index in [1.807, 2.05) is 0 Å². The summed E-state index contributed by atoms with van der Waals surface area (Å²) >= 11 is 1.28. The van der Waals surface area contributed by atoms with E-state index in [0.717, 1.165) is 6.07 Å². The fraction of sp³-hybridized carbons (Fsp3) is 0.111. The van der Waals surface area contributed by atoms with Gasteiger partial charge in [-0.1, -0.05) is 18.2 Å². The Morgan fingerprint density at radius 1 is 1.18 bits per heavy atom. The number of nitrogens with zero attached hydrogens (tertiary/aromatic N) is 4. The molecule has 4 aromatic rings. The first-order chi connectivity index (χ1) is 13.3. The van der Waals surface area contributed by atoms with Gasteiger partial charge in [0.15, 0.2) is 11.5 Å². The highest BCUT2D eigenvalue weighted by Crippen LogP contribution is 2.36. The lowest BCUT2D eigenvalue weighted by Crippen LogP contribution is -2.15. The number of carbonyl (C=O) groups is 1. The van der Waals surface area contributed by atoms with E-state index >= 15 is 0 Å². The first-order valence-corrected chi connectivity index (χ1v) is 9.01. The molecule has 0 aliphatic heterocycles. The average Bonchev–Trinajstić information content (AvgIpc) is 3.29. The van der Waals surface area contributed by atoms with Crippen molar-refractivity contribution < 1.29 is 18.0 Å². The van der Waals surface area contributed by atoms with Crippen molar-refractivity contribution in [1.82, 2.24) is 19.6 Å². The van der Waals surface area contributed by atoms with E-state index in [-0.39, 0.29) is 22.8 Å². The number of imidazole rings is 1. The van der Waals surface area contributed by atoms with E-state index in [1.54, 1.807) is 18.4 Å². The van der Waals surface area contributed by atoms with Crippen molar-refractivity contribution in [2.75, 3.05) is 5.32 Å². The molecule has 0 unspecified atom stereocenters. The highest BCUT2D eigenvalue weighted by Gasteiger charge is 2.33. The molecule has 1 N–H and O–H groups in total. The summed E-state index contributed by atoms with van der Waals surface area (Å²) in [7, 11) is 0. The minimum Gasteiger partial charge on any atom is -0.304 e. The van der Waals surface area contributed by atoms with Gasteiger partial charge in [-0.05, 0) is 25.1 Å². The Balaban J connectivity index is 1.81. The second-order valence-electron chi connectivity index (χ2n) is 5.91. The summed E-state index contributed by atoms with van der Waals surface area (Å²) in [5, 5.41) is 8.57. The lowest BCUT2D eigenvalue weighted by atomic mass is 10.0. The van der Waals surface area contributed by atoms with Crippen LogP contribution in [0.4, 0.5) is 19.0 Å². The van der Waals surface area contributed by atoms with Crippen LogP contribution in [0.15, 0.2) is 47.3 Å². The largest absolute Gasteiger partial charge is 0.417 e. The molecule has 0 atom stereocenters. The summed E-state index contributed by atoms with van der Waals surface area (Å²) < 4.78 is 41.4. The van der Waals surface area contributed by atoms with Crippen molar-refractivity contribution in [2.24, 2.45) is 0 Å².